The third-order valence-corrected chi connectivity index (χ3v) is 3.37. The zero-order chi connectivity index (χ0) is 11.7. The van der Waals surface area contributed by atoms with Crippen molar-refractivity contribution in [2.75, 3.05) is 20.1 Å². The van der Waals surface area contributed by atoms with Gasteiger partial charge in [-0.3, -0.25) is 4.90 Å². The molecule has 0 aromatic heterocycles. The van der Waals surface area contributed by atoms with Gasteiger partial charge in [0.05, 0.1) is 0 Å². The Balaban J connectivity index is 4.09. The van der Waals surface area contributed by atoms with Crippen LogP contribution in [0.4, 0.5) is 0 Å². The molecule has 0 saturated heterocycles. The van der Waals surface area contributed by atoms with Gasteiger partial charge in [0.2, 0.25) is 0 Å². The van der Waals surface area contributed by atoms with Crippen LogP contribution in [-0.4, -0.2) is 37.1 Å². The molecule has 92 valence electrons. The maximum Gasteiger partial charge on any atom is 0.0189 e. The van der Waals surface area contributed by atoms with Crippen LogP contribution in [0.25, 0.3) is 0 Å². The largest absolute Gasteiger partial charge is 0.316 e. The van der Waals surface area contributed by atoms with E-state index in [2.05, 4.69) is 45.0 Å². The Kier molecular flexibility index (Phi) is 9.12. The number of hydrogen-bond donors (Lipinski definition) is 1. The van der Waals surface area contributed by atoms with Crippen LogP contribution in [0.2, 0.25) is 0 Å². The molecule has 2 unspecified atom stereocenters. The Bertz CT molecular complexity index is 132. The van der Waals surface area contributed by atoms with Crippen molar-refractivity contribution in [3.63, 3.8) is 0 Å². The van der Waals surface area contributed by atoms with E-state index in [9.17, 15) is 0 Å². The van der Waals surface area contributed by atoms with E-state index in [0.29, 0.717) is 6.04 Å². The van der Waals surface area contributed by atoms with Gasteiger partial charge in [-0.1, -0.05) is 27.2 Å². The first-order valence-electron chi connectivity index (χ1n) is 6.60. The van der Waals surface area contributed by atoms with Gasteiger partial charge in [-0.05, 0) is 39.8 Å². The summed E-state index contributed by atoms with van der Waals surface area (Å²) in [6, 6.07) is 1.37. The summed E-state index contributed by atoms with van der Waals surface area (Å²) in [7, 11) is 2.07. The third kappa shape index (κ3) is 6.16. The quantitative estimate of drug-likeness (QED) is 0.635. The molecule has 0 aromatic rings. The molecular formula is C13H30N2. The van der Waals surface area contributed by atoms with E-state index in [0.717, 1.165) is 6.04 Å². The van der Waals surface area contributed by atoms with Crippen molar-refractivity contribution in [2.45, 2.75) is 65.5 Å². The Labute approximate surface area is 96.4 Å². The van der Waals surface area contributed by atoms with E-state index in [1.54, 1.807) is 0 Å². The number of hydrogen-bond acceptors (Lipinski definition) is 2. The van der Waals surface area contributed by atoms with Crippen LogP contribution < -0.4 is 5.32 Å². The highest BCUT2D eigenvalue weighted by atomic mass is 15.2. The summed E-state index contributed by atoms with van der Waals surface area (Å²) in [5, 5.41) is 3.40. The van der Waals surface area contributed by atoms with Gasteiger partial charge >= 0.3 is 0 Å². The van der Waals surface area contributed by atoms with E-state index in [1.807, 2.05) is 0 Å². The van der Waals surface area contributed by atoms with Crippen molar-refractivity contribution in [1.29, 1.82) is 0 Å². The van der Waals surface area contributed by atoms with Gasteiger partial charge in [0, 0.05) is 18.6 Å². The Morgan fingerprint density at radius 3 is 2.20 bits per heavy atom. The fraction of sp³-hybridized carbons (Fsp3) is 1.00. The molecule has 15 heavy (non-hydrogen) atoms. The van der Waals surface area contributed by atoms with E-state index < -0.39 is 0 Å². The fourth-order valence-corrected chi connectivity index (χ4v) is 1.82. The minimum atomic E-state index is 0.649. The average molecular weight is 214 g/mol. The summed E-state index contributed by atoms with van der Waals surface area (Å²) in [6.07, 6.45) is 5.09. The van der Waals surface area contributed by atoms with Crippen molar-refractivity contribution in [3.8, 4) is 0 Å². The Morgan fingerprint density at radius 1 is 1.13 bits per heavy atom. The Morgan fingerprint density at radius 2 is 1.80 bits per heavy atom. The normalized spacial score (nSPS) is 15.6. The first-order valence-corrected chi connectivity index (χ1v) is 6.60. The SMILES string of the molecule is CCCCN(CC(CC)NC)C(C)CC. The first kappa shape index (κ1) is 14.9. The second kappa shape index (κ2) is 9.17. The van der Waals surface area contributed by atoms with E-state index >= 15 is 0 Å². The maximum atomic E-state index is 3.40. The summed E-state index contributed by atoms with van der Waals surface area (Å²) in [6.45, 7) is 11.6. The first-order chi connectivity index (χ1) is 7.19. The van der Waals surface area contributed by atoms with E-state index in [4.69, 9.17) is 0 Å². The monoisotopic (exact) mass is 214 g/mol. The third-order valence-electron chi connectivity index (χ3n) is 3.37. The van der Waals surface area contributed by atoms with Crippen LogP contribution in [0.3, 0.4) is 0 Å². The minimum Gasteiger partial charge on any atom is -0.316 e. The summed E-state index contributed by atoms with van der Waals surface area (Å²) >= 11 is 0. The standard InChI is InChI=1S/C13H30N2/c1-6-9-10-15(12(4)7-2)11-13(8-3)14-5/h12-14H,6-11H2,1-5H3. The van der Waals surface area contributed by atoms with Crippen LogP contribution in [0.15, 0.2) is 0 Å². The number of nitrogens with one attached hydrogen (secondary N) is 1. The van der Waals surface area contributed by atoms with Gasteiger partial charge in [-0.15, -0.1) is 0 Å². The molecule has 2 atom stereocenters. The molecule has 1 N–H and O–H groups in total. The smallest absolute Gasteiger partial charge is 0.0189 e. The molecule has 2 heteroatoms. The molecule has 0 spiro atoms. The highest BCUT2D eigenvalue weighted by Gasteiger charge is 2.15. The van der Waals surface area contributed by atoms with Crippen LogP contribution in [0.1, 0.15) is 53.4 Å². The summed E-state index contributed by atoms with van der Waals surface area (Å²) < 4.78 is 0. The van der Waals surface area contributed by atoms with Crippen LogP contribution >= 0.6 is 0 Å². The molecule has 0 aliphatic rings. The predicted molar refractivity (Wildman–Crippen MR) is 69.4 cm³/mol. The zero-order valence-electron chi connectivity index (χ0n) is 11.3. The molecule has 0 aromatic carbocycles. The minimum absolute atomic E-state index is 0.649. The lowest BCUT2D eigenvalue weighted by Crippen LogP contribution is -2.43. The van der Waals surface area contributed by atoms with Gasteiger partial charge in [-0.25, -0.2) is 0 Å². The summed E-state index contributed by atoms with van der Waals surface area (Å²) in [4.78, 5) is 2.63. The lowest BCUT2D eigenvalue weighted by molar-refractivity contribution is 0.180. The van der Waals surface area contributed by atoms with E-state index in [1.165, 1.54) is 38.8 Å². The van der Waals surface area contributed by atoms with Crippen molar-refractivity contribution in [3.05, 3.63) is 0 Å². The molecule has 0 rings (SSSR count). The van der Waals surface area contributed by atoms with Crippen molar-refractivity contribution in [1.82, 2.24) is 10.2 Å². The molecular weight excluding hydrogens is 184 g/mol. The van der Waals surface area contributed by atoms with E-state index in [-0.39, 0.29) is 0 Å². The molecule has 0 bridgehead atoms. The number of rotatable bonds is 9. The molecule has 0 heterocycles. The molecule has 0 fully saturated rings. The zero-order valence-corrected chi connectivity index (χ0v) is 11.3. The average Bonchev–Trinajstić information content (AvgIpc) is 2.28. The highest BCUT2D eigenvalue weighted by Crippen LogP contribution is 2.07. The molecule has 2 nitrogen and oxygen atoms in total. The number of nitrogens with zero attached hydrogens (tertiary/aromatic N) is 1. The van der Waals surface area contributed by atoms with Crippen molar-refractivity contribution in [2.24, 2.45) is 0 Å². The highest BCUT2D eigenvalue weighted by molar-refractivity contribution is 4.73. The molecule has 0 aliphatic heterocycles. The molecule has 0 aliphatic carbocycles. The Hall–Kier alpha value is -0.0800. The number of unbranched alkanes of at least 4 members (excludes halogenated alkanes) is 1. The van der Waals surface area contributed by atoms with Crippen molar-refractivity contribution < 1.29 is 0 Å². The van der Waals surface area contributed by atoms with Gasteiger partial charge in [0.1, 0.15) is 0 Å². The number of likely N-dealkylation sites (N-methyl/N-ethyl adjacent to an activating group) is 1. The van der Waals surface area contributed by atoms with Crippen LogP contribution in [-0.2, 0) is 0 Å². The second-order valence-electron chi connectivity index (χ2n) is 4.50. The van der Waals surface area contributed by atoms with Gasteiger partial charge in [-0.2, -0.15) is 0 Å². The topological polar surface area (TPSA) is 15.3 Å². The molecule has 0 radical (unpaired) electrons. The fourth-order valence-electron chi connectivity index (χ4n) is 1.82. The lowest BCUT2D eigenvalue weighted by atomic mass is 10.1. The maximum absolute atomic E-state index is 3.40. The van der Waals surface area contributed by atoms with Gasteiger partial charge in [0.25, 0.3) is 0 Å². The van der Waals surface area contributed by atoms with Gasteiger partial charge in [0.15, 0.2) is 0 Å². The summed E-state index contributed by atoms with van der Waals surface area (Å²) in [5.41, 5.74) is 0. The van der Waals surface area contributed by atoms with Crippen molar-refractivity contribution >= 4 is 0 Å². The molecule has 0 saturated carbocycles. The molecule has 0 amide bonds. The van der Waals surface area contributed by atoms with Gasteiger partial charge < -0.3 is 5.32 Å². The van der Waals surface area contributed by atoms with Crippen LogP contribution in [0, 0.1) is 0 Å². The van der Waals surface area contributed by atoms with Crippen LogP contribution in [0.5, 0.6) is 0 Å². The summed E-state index contributed by atoms with van der Waals surface area (Å²) in [5.74, 6) is 0. The predicted octanol–water partition coefficient (Wildman–Crippen LogP) is 2.89. The lowest BCUT2D eigenvalue weighted by Gasteiger charge is -2.31. The second-order valence-corrected chi connectivity index (χ2v) is 4.50.